The number of hydrogen-bond donors (Lipinski definition) is 5. The largest absolute Gasteiger partial charge is 0.494 e. The second-order valence-electron chi connectivity index (χ2n) is 19.6. The Morgan fingerprint density at radius 1 is 0.821 bits per heavy atom. The Bertz CT molecular complexity index is 3100. The molecule has 3 amide bonds. The fraction of sp³-hybridized carbons (Fsp3) is 0.379. The summed E-state index contributed by atoms with van der Waals surface area (Å²) in [6, 6.07) is 26.4. The predicted molar refractivity (Wildman–Crippen MR) is 286 cm³/mol. The topological polar surface area (TPSA) is 254 Å². The molecule has 5 N–H and O–H groups in total. The number of ether oxygens (including phenoxy) is 3. The Hall–Kier alpha value is -7.91. The molecule has 4 aromatic carbocycles. The van der Waals surface area contributed by atoms with Gasteiger partial charge in [-0.2, -0.15) is 0 Å². The van der Waals surface area contributed by atoms with E-state index in [1.165, 1.54) is 12.1 Å². The molecule has 1 aliphatic heterocycles. The highest BCUT2D eigenvalue weighted by atomic mass is 19.1. The summed E-state index contributed by atoms with van der Waals surface area (Å²) < 4.78 is 35.9. The highest BCUT2D eigenvalue weighted by molar-refractivity contribution is 6.25. The maximum absolute atomic E-state index is 14.7. The number of para-hydroxylation sites is 1. The van der Waals surface area contributed by atoms with Crippen molar-refractivity contribution in [1.82, 2.24) is 24.5 Å². The Kier molecular flexibility index (Phi) is 19.1. The number of Topliss-reactive ketones (excluding diaryl/α,β-unsaturated/α-hetero) is 2. The quantitative estimate of drug-likeness (QED) is 0.0183. The molecule has 0 spiro atoms. The van der Waals surface area contributed by atoms with Gasteiger partial charge in [0.25, 0.3) is 17.7 Å². The van der Waals surface area contributed by atoms with Crippen LogP contribution < -0.4 is 15.4 Å². The van der Waals surface area contributed by atoms with Crippen LogP contribution in [0.4, 0.5) is 15.8 Å². The van der Waals surface area contributed by atoms with Gasteiger partial charge in [-0.25, -0.2) is 9.07 Å². The summed E-state index contributed by atoms with van der Waals surface area (Å²) >= 11 is 0. The van der Waals surface area contributed by atoms with E-state index in [9.17, 15) is 48.5 Å². The summed E-state index contributed by atoms with van der Waals surface area (Å²) in [7, 11) is 0. The minimum absolute atomic E-state index is 0.121. The number of ketones is 2. The first-order chi connectivity index (χ1) is 37.7. The molecule has 2 aliphatic rings. The normalized spacial score (nSPS) is 15.2. The van der Waals surface area contributed by atoms with Crippen LogP contribution in [0.15, 0.2) is 103 Å². The number of halogens is 1. The van der Waals surface area contributed by atoms with Gasteiger partial charge in [0.15, 0.2) is 5.78 Å². The van der Waals surface area contributed by atoms with Crippen molar-refractivity contribution in [1.29, 1.82) is 0 Å². The van der Waals surface area contributed by atoms with Crippen molar-refractivity contribution >= 4 is 46.6 Å². The van der Waals surface area contributed by atoms with Crippen molar-refractivity contribution in [2.75, 3.05) is 50.2 Å². The Morgan fingerprint density at radius 3 is 2.32 bits per heavy atom. The smallest absolute Gasteiger partial charge is 0.305 e. The Balaban J connectivity index is 0.842. The zero-order valence-electron chi connectivity index (χ0n) is 43.6. The molecule has 3 heterocycles. The molecule has 0 saturated heterocycles. The number of fused-ring (bicyclic) bond motifs is 1. The highest BCUT2D eigenvalue weighted by Crippen LogP contribution is 2.44. The lowest BCUT2D eigenvalue weighted by molar-refractivity contribution is -0.139. The van der Waals surface area contributed by atoms with Gasteiger partial charge in [-0.1, -0.05) is 55.5 Å². The number of anilines is 2. The lowest BCUT2D eigenvalue weighted by Gasteiger charge is -2.27. The van der Waals surface area contributed by atoms with Gasteiger partial charge in [-0.3, -0.25) is 33.7 Å². The number of benzene rings is 4. The molecule has 78 heavy (non-hydrogen) atoms. The minimum atomic E-state index is -1.25. The monoisotopic (exact) mass is 1070 g/mol. The number of imide groups is 1. The van der Waals surface area contributed by atoms with E-state index >= 15 is 0 Å². The van der Waals surface area contributed by atoms with Crippen LogP contribution in [0.5, 0.6) is 5.75 Å². The SMILES string of the molecule is CC(C)c1c(C(=O)Nc2ccccc2)c(-c2cccc(OCCCc3cn(CCOCCOCCNc4cccc5c4C(=O)N(C4CCC(=O)CC4=O)C5=O)nn3)c2)c(-c2ccc(F)cc2)n1CC[C@@H](O)C[C@@H](O)CC(=O)O. The van der Waals surface area contributed by atoms with Crippen LogP contribution in [-0.4, -0.2) is 133 Å². The standard InChI is InChI=1S/C58H64FN7O12/c1-36(2)54-53(56(73)61-40-10-4-3-5-11-40)51(55(37-16-18-39(59)19-17-37)65(54)24-22-43(68)32-44(69)34-50(71)72)38-9-6-13-45(31-38)78-26-8-12-41-35-64(63-62-41)25-28-77-30-29-76-27-23-60-47-15-7-14-46-52(47)58(75)66(57(46)74)48-21-20-42(67)33-49(48)70/h3-7,9-11,13-19,31,35-36,43-44,48,60,68-69H,8,12,20-30,32-34H2,1-2H3,(H,61,73)(H,71,72)/t43-,44-,48?/m1/s1. The number of carboxylic acids is 1. The van der Waals surface area contributed by atoms with Crippen LogP contribution in [0.1, 0.15) is 107 Å². The molecule has 8 rings (SSSR count). The molecule has 410 valence electrons. The van der Waals surface area contributed by atoms with Crippen molar-refractivity contribution in [3.8, 4) is 28.1 Å². The zero-order chi connectivity index (χ0) is 55.3. The third-order valence-electron chi connectivity index (χ3n) is 13.5. The number of aryl methyl sites for hydroxylation is 1. The average molecular weight is 1070 g/mol. The van der Waals surface area contributed by atoms with E-state index in [1.54, 1.807) is 47.1 Å². The van der Waals surface area contributed by atoms with Gasteiger partial charge < -0.3 is 44.7 Å². The number of carbonyl (C=O) groups is 6. The molecule has 1 aliphatic carbocycles. The van der Waals surface area contributed by atoms with Crippen molar-refractivity contribution in [3.63, 3.8) is 0 Å². The van der Waals surface area contributed by atoms with Gasteiger partial charge in [0, 0.05) is 48.3 Å². The molecule has 1 unspecified atom stereocenters. The highest BCUT2D eigenvalue weighted by Gasteiger charge is 2.45. The van der Waals surface area contributed by atoms with Gasteiger partial charge in [-0.05, 0) is 110 Å². The van der Waals surface area contributed by atoms with Gasteiger partial charge in [0.1, 0.15) is 17.3 Å². The first kappa shape index (κ1) is 56.3. The number of nitrogens with zero attached hydrogens (tertiary/aromatic N) is 5. The Labute approximate surface area is 450 Å². The average Bonchev–Trinajstić information content (AvgIpc) is 4.23. The molecule has 0 radical (unpaired) electrons. The zero-order valence-corrected chi connectivity index (χ0v) is 43.6. The second kappa shape index (κ2) is 26.4. The number of aliphatic hydroxyl groups excluding tert-OH is 2. The van der Waals surface area contributed by atoms with Crippen LogP contribution in [-0.2, 0) is 43.4 Å². The lowest BCUT2D eigenvalue weighted by atomic mass is 9.92. The number of aromatic nitrogens is 4. The number of aliphatic carboxylic acids is 1. The number of carbonyl (C=O) groups excluding carboxylic acids is 5. The van der Waals surface area contributed by atoms with Gasteiger partial charge in [-0.15, -0.1) is 5.10 Å². The molecular weight excluding hydrogens is 1010 g/mol. The predicted octanol–water partition coefficient (Wildman–Crippen LogP) is 7.35. The second-order valence-corrected chi connectivity index (χ2v) is 19.6. The van der Waals surface area contributed by atoms with Crippen LogP contribution in [0.2, 0.25) is 0 Å². The number of amides is 3. The van der Waals surface area contributed by atoms with E-state index < -0.39 is 54.1 Å². The molecule has 3 atom stereocenters. The fourth-order valence-corrected chi connectivity index (χ4v) is 9.95. The van der Waals surface area contributed by atoms with E-state index in [1.807, 2.05) is 67.1 Å². The molecule has 6 aromatic rings. The number of hydrogen-bond acceptors (Lipinski definition) is 14. The van der Waals surface area contributed by atoms with Gasteiger partial charge >= 0.3 is 5.97 Å². The third-order valence-corrected chi connectivity index (χ3v) is 13.5. The number of rotatable bonds is 28. The molecular formula is C58H64FN7O12. The fourth-order valence-electron chi connectivity index (χ4n) is 9.95. The molecule has 0 bridgehead atoms. The molecule has 1 fully saturated rings. The van der Waals surface area contributed by atoms with E-state index in [4.69, 9.17) is 14.2 Å². The molecule has 20 heteroatoms. The summed E-state index contributed by atoms with van der Waals surface area (Å²) in [5.74, 6) is -3.37. The van der Waals surface area contributed by atoms with Crippen molar-refractivity contribution in [3.05, 3.63) is 137 Å². The maximum atomic E-state index is 14.7. The number of nitrogens with one attached hydrogen (secondary N) is 2. The molecule has 2 aromatic heterocycles. The van der Waals surface area contributed by atoms with Crippen LogP contribution >= 0.6 is 0 Å². The van der Waals surface area contributed by atoms with Crippen LogP contribution in [0.25, 0.3) is 22.4 Å². The molecule has 1 saturated carbocycles. The van der Waals surface area contributed by atoms with E-state index in [0.717, 1.165) is 10.6 Å². The van der Waals surface area contributed by atoms with Crippen molar-refractivity contribution < 1.29 is 62.7 Å². The minimum Gasteiger partial charge on any atom is -0.494 e. The molecule has 19 nitrogen and oxygen atoms in total. The van der Waals surface area contributed by atoms with E-state index in [0.29, 0.717) is 110 Å². The van der Waals surface area contributed by atoms with E-state index in [2.05, 4.69) is 20.9 Å². The summed E-state index contributed by atoms with van der Waals surface area (Å²) in [4.78, 5) is 77.7. The van der Waals surface area contributed by atoms with Crippen molar-refractivity contribution in [2.24, 2.45) is 0 Å². The number of aliphatic hydroxyl groups is 2. The van der Waals surface area contributed by atoms with Gasteiger partial charge in [0.2, 0.25) is 0 Å². The number of carboxylic acid groups (broad SMARTS) is 1. The first-order valence-electron chi connectivity index (χ1n) is 26.2. The first-order valence-corrected chi connectivity index (χ1v) is 26.2. The maximum Gasteiger partial charge on any atom is 0.305 e. The summed E-state index contributed by atoms with van der Waals surface area (Å²) in [6.07, 6.45) is 0.193. The Morgan fingerprint density at radius 2 is 1.58 bits per heavy atom. The lowest BCUT2D eigenvalue weighted by Crippen LogP contribution is -2.47. The summed E-state index contributed by atoms with van der Waals surface area (Å²) in [6.45, 7) is 6.56. The van der Waals surface area contributed by atoms with Gasteiger partial charge in [0.05, 0.1) is 98.7 Å². The summed E-state index contributed by atoms with van der Waals surface area (Å²) in [5, 5.41) is 45.3. The van der Waals surface area contributed by atoms with E-state index in [-0.39, 0.29) is 67.4 Å². The van der Waals surface area contributed by atoms with Crippen molar-refractivity contribution in [2.45, 2.75) is 102 Å². The third kappa shape index (κ3) is 14.0. The van der Waals surface area contributed by atoms with Crippen LogP contribution in [0, 0.1) is 5.82 Å². The summed E-state index contributed by atoms with van der Waals surface area (Å²) in [5.41, 5.74) is 5.74. The van der Waals surface area contributed by atoms with Crippen LogP contribution in [0.3, 0.4) is 0 Å².